The van der Waals surface area contributed by atoms with Crippen molar-refractivity contribution in [1.29, 1.82) is 5.26 Å². The Labute approximate surface area is 195 Å². The molecular formula is C23H26N6O3S. The third-order valence-corrected chi connectivity index (χ3v) is 5.17. The maximum absolute atomic E-state index is 12.7. The number of hydrogen-bond donors (Lipinski definition) is 3. The van der Waals surface area contributed by atoms with Crippen LogP contribution in [-0.2, 0) is 16.1 Å². The van der Waals surface area contributed by atoms with Gasteiger partial charge in [-0.1, -0.05) is 28.9 Å². The number of aromatic nitrogens is 1. The molecule has 2 aromatic rings. The summed E-state index contributed by atoms with van der Waals surface area (Å²) >= 11 is 1.09. The monoisotopic (exact) mass is 466 g/mol. The molecule has 1 heterocycles. The van der Waals surface area contributed by atoms with E-state index in [-0.39, 0.29) is 23.6 Å². The number of benzene rings is 1. The minimum atomic E-state index is -0.538. The molecule has 0 aliphatic rings. The van der Waals surface area contributed by atoms with Crippen LogP contribution in [0.4, 0.5) is 11.4 Å². The molecule has 172 valence electrons. The van der Waals surface area contributed by atoms with Crippen LogP contribution in [0, 0.1) is 11.3 Å². The molecule has 3 N–H and O–H groups in total. The van der Waals surface area contributed by atoms with E-state index in [0.717, 1.165) is 11.3 Å². The lowest BCUT2D eigenvalue weighted by atomic mass is 10.2. The molecule has 10 heteroatoms. The number of carbonyl (C=O) groups excluding carboxylic acids is 2. The lowest BCUT2D eigenvalue weighted by Crippen LogP contribution is -2.30. The van der Waals surface area contributed by atoms with Crippen LogP contribution in [0.15, 0.2) is 40.8 Å². The Morgan fingerprint density at radius 1 is 1.24 bits per heavy atom. The first kappa shape index (κ1) is 25.4. The van der Waals surface area contributed by atoms with Crippen LogP contribution in [0.3, 0.4) is 0 Å². The summed E-state index contributed by atoms with van der Waals surface area (Å²) in [5.41, 5.74) is 6.52. The minimum absolute atomic E-state index is 0.126. The molecule has 9 nitrogen and oxygen atoms in total. The van der Waals surface area contributed by atoms with E-state index >= 15 is 0 Å². The topological polar surface area (TPSA) is 119 Å². The summed E-state index contributed by atoms with van der Waals surface area (Å²) in [6.45, 7) is 4.55. The van der Waals surface area contributed by atoms with Gasteiger partial charge in [-0.3, -0.25) is 19.0 Å². The van der Waals surface area contributed by atoms with Crippen LogP contribution in [0.2, 0.25) is 0 Å². The van der Waals surface area contributed by atoms with Gasteiger partial charge in [-0.05, 0) is 46.1 Å². The number of nitriles is 1. The van der Waals surface area contributed by atoms with E-state index in [1.807, 2.05) is 26.2 Å². The van der Waals surface area contributed by atoms with Crippen LogP contribution in [0.5, 0.6) is 0 Å². The largest absolute Gasteiger partial charge is 0.355 e. The summed E-state index contributed by atoms with van der Waals surface area (Å²) < 4.78 is 2.10. The molecule has 0 aliphatic carbocycles. The second-order valence-corrected chi connectivity index (χ2v) is 8.06. The maximum Gasteiger partial charge on any atom is 0.277 e. The van der Waals surface area contributed by atoms with Gasteiger partial charge in [0.1, 0.15) is 15.3 Å². The first-order valence-corrected chi connectivity index (χ1v) is 11.1. The van der Waals surface area contributed by atoms with Crippen molar-refractivity contribution in [2.24, 2.45) is 0 Å². The van der Waals surface area contributed by atoms with Gasteiger partial charge in [-0.15, -0.1) is 0 Å². The molecule has 2 amide bonds. The lowest BCUT2D eigenvalue weighted by molar-refractivity contribution is -0.117. The number of likely N-dealkylation sites (N-methyl/N-ethyl adjacent to an activating group) is 2. The van der Waals surface area contributed by atoms with Crippen LogP contribution in [0.25, 0.3) is 11.5 Å². The Hall–Kier alpha value is -3.86. The summed E-state index contributed by atoms with van der Waals surface area (Å²) in [5.74, 6) is -0.664. The van der Waals surface area contributed by atoms with Crippen molar-refractivity contribution in [2.75, 3.05) is 37.8 Å². The standard InChI is InChI=1S/C23H26N6O3S/c1-5-25-22(31)16(14-24)12-21-29(6-2)23(32)19(33-21)10-11-26-17-8-7-9-18(13-17)27-20(30)15-28(3)4/h7-9,11,13,26H,5-6,15H2,1-4H3,(H,25,31)(H,27,30). The van der Waals surface area contributed by atoms with Crippen molar-refractivity contribution in [1.82, 2.24) is 14.8 Å². The Morgan fingerprint density at radius 3 is 2.61 bits per heavy atom. The van der Waals surface area contributed by atoms with Gasteiger partial charge in [0, 0.05) is 30.7 Å². The zero-order valence-electron chi connectivity index (χ0n) is 19.0. The highest BCUT2D eigenvalue weighted by atomic mass is 32.1. The molecule has 0 unspecified atom stereocenters. The second-order valence-electron chi connectivity index (χ2n) is 7.06. The van der Waals surface area contributed by atoms with Crippen molar-refractivity contribution in [2.45, 2.75) is 20.4 Å². The van der Waals surface area contributed by atoms with Gasteiger partial charge in [0.25, 0.3) is 11.5 Å². The molecule has 0 radical (unpaired) electrons. The molecule has 1 aromatic carbocycles. The Morgan fingerprint density at radius 2 is 1.97 bits per heavy atom. The fraction of sp³-hybridized carbons (Fsp3) is 0.304. The van der Waals surface area contributed by atoms with Gasteiger partial charge in [-0.2, -0.15) is 5.26 Å². The third-order valence-electron chi connectivity index (χ3n) is 4.16. The van der Waals surface area contributed by atoms with E-state index in [1.165, 1.54) is 10.8 Å². The molecule has 33 heavy (non-hydrogen) atoms. The second kappa shape index (κ2) is 12.2. The highest BCUT2D eigenvalue weighted by Crippen LogP contribution is 2.14. The van der Waals surface area contributed by atoms with E-state index in [0.29, 0.717) is 33.7 Å². The van der Waals surface area contributed by atoms with Crippen molar-refractivity contribution in [3.05, 3.63) is 55.6 Å². The normalized spacial score (nSPS) is 9.94. The predicted molar refractivity (Wildman–Crippen MR) is 130 cm³/mol. The van der Waals surface area contributed by atoms with Crippen LogP contribution < -0.4 is 30.7 Å². The van der Waals surface area contributed by atoms with E-state index in [4.69, 9.17) is 0 Å². The van der Waals surface area contributed by atoms with Gasteiger partial charge in [0.2, 0.25) is 5.91 Å². The molecule has 0 atom stereocenters. The van der Waals surface area contributed by atoms with Crippen molar-refractivity contribution >= 4 is 46.0 Å². The van der Waals surface area contributed by atoms with E-state index in [2.05, 4.69) is 27.4 Å². The number of rotatable bonds is 8. The average Bonchev–Trinajstić information content (AvgIpc) is 3.05. The number of amides is 2. The average molecular weight is 467 g/mol. The first-order chi connectivity index (χ1) is 15.8. The van der Waals surface area contributed by atoms with Crippen molar-refractivity contribution in [3.63, 3.8) is 0 Å². The van der Waals surface area contributed by atoms with E-state index in [9.17, 15) is 19.6 Å². The quantitative estimate of drug-likeness (QED) is 0.383. The van der Waals surface area contributed by atoms with Gasteiger partial charge in [0.15, 0.2) is 5.57 Å². The molecule has 0 saturated carbocycles. The third kappa shape index (κ3) is 7.35. The summed E-state index contributed by atoms with van der Waals surface area (Å²) in [7, 11) is 3.63. The zero-order chi connectivity index (χ0) is 24.4. The van der Waals surface area contributed by atoms with Crippen molar-refractivity contribution in [3.8, 4) is 6.07 Å². The molecule has 0 aliphatic heterocycles. The highest BCUT2D eigenvalue weighted by Gasteiger charge is 2.08. The number of anilines is 2. The fourth-order valence-corrected chi connectivity index (χ4v) is 3.72. The van der Waals surface area contributed by atoms with E-state index in [1.54, 1.807) is 36.9 Å². The minimum Gasteiger partial charge on any atom is -0.355 e. The number of carbonyl (C=O) groups is 2. The number of nitrogens with one attached hydrogen (secondary N) is 3. The molecule has 0 saturated heterocycles. The molecule has 0 fully saturated rings. The van der Waals surface area contributed by atoms with Crippen molar-refractivity contribution < 1.29 is 9.59 Å². The van der Waals surface area contributed by atoms with Crippen LogP contribution in [-0.4, -0.2) is 48.5 Å². The number of thiazole rings is 1. The van der Waals surface area contributed by atoms with Gasteiger partial charge >= 0.3 is 0 Å². The molecule has 0 bridgehead atoms. The molecule has 0 spiro atoms. The highest BCUT2D eigenvalue weighted by molar-refractivity contribution is 7.07. The predicted octanol–water partition coefficient (Wildman–Crippen LogP) is 0.400. The molecule has 2 rings (SSSR count). The smallest absolute Gasteiger partial charge is 0.277 e. The van der Waals surface area contributed by atoms with Crippen LogP contribution in [0.1, 0.15) is 13.8 Å². The Kier molecular flexibility index (Phi) is 9.43. The summed E-state index contributed by atoms with van der Waals surface area (Å²) in [6.07, 6.45) is 1.50. The van der Waals surface area contributed by atoms with Gasteiger partial charge in [0.05, 0.1) is 6.54 Å². The van der Waals surface area contributed by atoms with Gasteiger partial charge < -0.3 is 20.9 Å². The first-order valence-electron chi connectivity index (χ1n) is 10.2. The SMILES string of the molecule is CCNC(=O)C(=C=c1sc(=C=CNc2cccc(NC(=O)CN(C)C)c2)c(=O)n1CC)C#N. The summed E-state index contributed by atoms with van der Waals surface area (Å²) in [5, 5.41) is 17.6. The fourth-order valence-electron chi connectivity index (χ4n) is 2.73. The maximum atomic E-state index is 12.7. The lowest BCUT2D eigenvalue weighted by Gasteiger charge is -2.10. The molecular weight excluding hydrogens is 440 g/mol. The van der Waals surface area contributed by atoms with Crippen LogP contribution >= 0.6 is 11.3 Å². The number of nitrogens with zero attached hydrogens (tertiary/aromatic N) is 3. The number of hydrogen-bond acceptors (Lipinski definition) is 7. The summed E-state index contributed by atoms with van der Waals surface area (Å²) in [4.78, 5) is 38.3. The zero-order valence-corrected chi connectivity index (χ0v) is 19.8. The van der Waals surface area contributed by atoms with E-state index < -0.39 is 5.91 Å². The van der Waals surface area contributed by atoms with Gasteiger partial charge in [-0.25, -0.2) is 0 Å². The Bertz CT molecular complexity index is 1320. The molecule has 1 aromatic heterocycles. The Balaban J connectivity index is 2.39. The summed E-state index contributed by atoms with van der Waals surface area (Å²) in [6, 6.07) is 8.96.